The first-order chi connectivity index (χ1) is 15.3. The number of aliphatic imine (C=N–C) groups is 1. The highest BCUT2D eigenvalue weighted by Gasteiger charge is 2.35. The van der Waals surface area contributed by atoms with E-state index in [0.717, 1.165) is 53.4 Å². The Hall–Kier alpha value is -2.71. The van der Waals surface area contributed by atoms with Crippen molar-refractivity contribution in [3.05, 3.63) is 57.6 Å². The van der Waals surface area contributed by atoms with Gasteiger partial charge in [-0.1, -0.05) is 31.4 Å². The second kappa shape index (κ2) is 9.03. The minimum Gasteiger partial charge on any atom is -0.318 e. The molecule has 0 saturated heterocycles. The fourth-order valence-electron chi connectivity index (χ4n) is 3.77. The van der Waals surface area contributed by atoms with Gasteiger partial charge in [0.05, 0.1) is 10.6 Å². The van der Waals surface area contributed by atoms with E-state index in [2.05, 4.69) is 17.0 Å². The molecule has 2 aliphatic rings. The number of fused-ring (bicyclic) bond motifs is 1. The molecule has 166 valence electrons. The number of amidine groups is 2. The highest BCUT2D eigenvalue weighted by molar-refractivity contribution is 8.26. The van der Waals surface area contributed by atoms with Crippen molar-refractivity contribution >= 4 is 51.4 Å². The summed E-state index contributed by atoms with van der Waals surface area (Å²) in [5, 5.41) is 15.9. The van der Waals surface area contributed by atoms with Gasteiger partial charge in [0.1, 0.15) is 10.9 Å². The average Bonchev–Trinajstić information content (AvgIpc) is 3.27. The molecule has 2 aromatic rings. The first-order valence-corrected chi connectivity index (χ1v) is 11.6. The highest BCUT2D eigenvalue weighted by Crippen LogP contribution is 2.31. The average molecular weight is 472 g/mol. The maximum absolute atomic E-state index is 13.6. The van der Waals surface area contributed by atoms with Crippen LogP contribution < -0.4 is 0 Å². The Bertz CT molecular complexity index is 1210. The van der Waals surface area contributed by atoms with Crippen molar-refractivity contribution in [2.24, 2.45) is 10.1 Å². The fourth-order valence-corrected chi connectivity index (χ4v) is 4.87. The standard InChI is InChI=1S/C23H23ClFN5OS/c1-4-5-6-7-20-28-30-21(26)17(22(31)27-23(30)32-20)11-15-10-13(2)29(14(15)3)16-8-9-19(25)18(24)12-16/h8-12,26H,4-7H2,1-3H3/b17-11-,26-21?. The zero-order chi connectivity index (χ0) is 23.0. The van der Waals surface area contributed by atoms with E-state index in [-0.39, 0.29) is 16.4 Å². The van der Waals surface area contributed by atoms with Gasteiger partial charge in [0.15, 0.2) is 5.84 Å². The van der Waals surface area contributed by atoms with Crippen LogP contribution in [0.15, 0.2) is 39.9 Å². The number of hydrogen-bond acceptors (Lipinski definition) is 4. The normalized spacial score (nSPS) is 17.2. The van der Waals surface area contributed by atoms with E-state index in [1.165, 1.54) is 22.8 Å². The molecule has 0 unspecified atom stereocenters. The van der Waals surface area contributed by atoms with E-state index < -0.39 is 11.7 Å². The summed E-state index contributed by atoms with van der Waals surface area (Å²) < 4.78 is 15.5. The maximum atomic E-state index is 13.6. The minimum atomic E-state index is -0.478. The number of nitrogens with zero attached hydrogens (tertiary/aromatic N) is 4. The number of hydrogen-bond donors (Lipinski definition) is 1. The van der Waals surface area contributed by atoms with Crippen molar-refractivity contribution in [2.75, 3.05) is 0 Å². The smallest absolute Gasteiger partial charge is 0.283 e. The number of unbranched alkanes of at least 4 members (excludes halogenated alkanes) is 2. The van der Waals surface area contributed by atoms with Crippen LogP contribution in [0.1, 0.15) is 49.6 Å². The molecule has 32 heavy (non-hydrogen) atoms. The molecular weight excluding hydrogens is 449 g/mol. The van der Waals surface area contributed by atoms with Crippen molar-refractivity contribution < 1.29 is 9.18 Å². The number of carbonyl (C=O) groups excluding carboxylic acids is 1. The van der Waals surface area contributed by atoms with Crippen LogP contribution in [-0.4, -0.2) is 31.5 Å². The predicted octanol–water partition coefficient (Wildman–Crippen LogP) is 6.09. The van der Waals surface area contributed by atoms with Crippen molar-refractivity contribution in [2.45, 2.75) is 46.5 Å². The molecule has 0 aliphatic carbocycles. The molecule has 2 aliphatic heterocycles. The highest BCUT2D eigenvalue weighted by atomic mass is 35.5. The number of halogens is 2. The molecule has 0 spiro atoms. The number of amides is 1. The first-order valence-electron chi connectivity index (χ1n) is 10.4. The third kappa shape index (κ3) is 4.17. The Kier molecular flexibility index (Phi) is 6.35. The molecule has 0 atom stereocenters. The van der Waals surface area contributed by atoms with Gasteiger partial charge in [0.25, 0.3) is 5.91 Å². The second-order valence-corrected chi connectivity index (χ2v) is 9.18. The van der Waals surface area contributed by atoms with Crippen LogP contribution in [0.5, 0.6) is 0 Å². The van der Waals surface area contributed by atoms with Crippen LogP contribution in [0.2, 0.25) is 5.02 Å². The minimum absolute atomic E-state index is 0.0209. The Morgan fingerprint density at radius 2 is 2.03 bits per heavy atom. The van der Waals surface area contributed by atoms with Crippen LogP contribution >= 0.6 is 23.4 Å². The first kappa shape index (κ1) is 22.5. The monoisotopic (exact) mass is 471 g/mol. The third-order valence-corrected chi connectivity index (χ3v) is 6.68. The van der Waals surface area contributed by atoms with Crippen molar-refractivity contribution in [1.82, 2.24) is 9.58 Å². The second-order valence-electron chi connectivity index (χ2n) is 7.73. The lowest BCUT2D eigenvalue weighted by Gasteiger charge is -2.20. The van der Waals surface area contributed by atoms with Crippen molar-refractivity contribution in [1.29, 1.82) is 5.41 Å². The maximum Gasteiger partial charge on any atom is 0.283 e. The number of nitrogens with one attached hydrogen (secondary N) is 1. The number of aryl methyl sites for hydroxylation is 1. The summed E-state index contributed by atoms with van der Waals surface area (Å²) in [7, 11) is 0. The number of benzene rings is 1. The van der Waals surface area contributed by atoms with E-state index in [1.54, 1.807) is 18.2 Å². The molecule has 1 aromatic carbocycles. The van der Waals surface area contributed by atoms with Crippen LogP contribution in [0.4, 0.5) is 4.39 Å². The van der Waals surface area contributed by atoms with E-state index in [4.69, 9.17) is 17.0 Å². The van der Waals surface area contributed by atoms with Gasteiger partial charge in [-0.25, -0.2) is 4.39 Å². The summed E-state index contributed by atoms with van der Waals surface area (Å²) in [5.41, 5.74) is 3.41. The van der Waals surface area contributed by atoms with E-state index in [0.29, 0.717) is 5.17 Å². The molecule has 0 radical (unpaired) electrons. The molecule has 0 bridgehead atoms. The molecule has 6 nitrogen and oxygen atoms in total. The van der Waals surface area contributed by atoms with Gasteiger partial charge in [0, 0.05) is 17.1 Å². The molecule has 1 amide bonds. The molecular formula is C23H23ClFN5OS. The Balaban J connectivity index is 1.65. The van der Waals surface area contributed by atoms with Gasteiger partial charge in [0.2, 0.25) is 5.17 Å². The van der Waals surface area contributed by atoms with Gasteiger partial charge in [-0.2, -0.15) is 15.1 Å². The van der Waals surface area contributed by atoms with E-state index >= 15 is 0 Å². The molecule has 1 N–H and O–H groups in total. The summed E-state index contributed by atoms with van der Waals surface area (Å²) in [4.78, 5) is 16.9. The van der Waals surface area contributed by atoms with Gasteiger partial charge >= 0.3 is 0 Å². The molecule has 1 aromatic heterocycles. The molecule has 0 fully saturated rings. The number of hydrazone groups is 1. The van der Waals surface area contributed by atoms with Gasteiger partial charge in [-0.3, -0.25) is 10.2 Å². The van der Waals surface area contributed by atoms with Gasteiger partial charge < -0.3 is 4.57 Å². The summed E-state index contributed by atoms with van der Waals surface area (Å²) in [6, 6.07) is 6.46. The van der Waals surface area contributed by atoms with Crippen LogP contribution in [0.3, 0.4) is 0 Å². The Morgan fingerprint density at radius 3 is 2.75 bits per heavy atom. The Labute approximate surface area is 195 Å². The lowest BCUT2D eigenvalue weighted by Crippen LogP contribution is -2.35. The van der Waals surface area contributed by atoms with E-state index in [9.17, 15) is 9.18 Å². The van der Waals surface area contributed by atoms with Gasteiger partial charge in [-0.05, 0) is 74.4 Å². The van der Waals surface area contributed by atoms with Crippen LogP contribution in [-0.2, 0) is 4.79 Å². The molecule has 0 saturated carbocycles. The quantitative estimate of drug-likeness (QED) is 0.409. The Morgan fingerprint density at radius 1 is 1.25 bits per heavy atom. The summed E-state index contributed by atoms with van der Waals surface area (Å²) in [6.45, 7) is 5.96. The van der Waals surface area contributed by atoms with Crippen molar-refractivity contribution in [3.63, 3.8) is 0 Å². The summed E-state index contributed by atoms with van der Waals surface area (Å²) in [6.07, 6.45) is 5.74. The number of rotatable bonds is 6. The SMILES string of the molecule is CCCCCC1=NN2C(=N)/C(=C/c3cc(C)n(-c4ccc(F)c(Cl)c4)c3C)C(=O)N=C2S1. The molecule has 9 heteroatoms. The third-order valence-electron chi connectivity index (χ3n) is 5.42. The van der Waals surface area contributed by atoms with Gasteiger partial charge in [-0.15, -0.1) is 0 Å². The molecule has 3 heterocycles. The fraction of sp³-hybridized carbons (Fsp3) is 0.304. The number of aromatic nitrogens is 1. The largest absolute Gasteiger partial charge is 0.318 e. The summed E-state index contributed by atoms with van der Waals surface area (Å²) in [5.74, 6) is -0.908. The van der Waals surface area contributed by atoms with Crippen LogP contribution in [0, 0.1) is 25.1 Å². The number of thioether (sulfide) groups is 1. The lowest BCUT2D eigenvalue weighted by molar-refractivity contribution is -0.114. The van der Waals surface area contributed by atoms with Crippen molar-refractivity contribution in [3.8, 4) is 5.69 Å². The number of carbonyl (C=O) groups is 1. The summed E-state index contributed by atoms with van der Waals surface area (Å²) >= 11 is 7.32. The van der Waals surface area contributed by atoms with E-state index in [1.807, 2.05) is 24.5 Å². The zero-order valence-corrected chi connectivity index (χ0v) is 19.6. The predicted molar refractivity (Wildman–Crippen MR) is 129 cm³/mol. The zero-order valence-electron chi connectivity index (χ0n) is 18.1. The molecule has 4 rings (SSSR count). The lowest BCUT2D eigenvalue weighted by atomic mass is 10.1. The van der Waals surface area contributed by atoms with Crippen LogP contribution in [0.25, 0.3) is 11.8 Å². The topological polar surface area (TPSA) is 73.8 Å².